The fourth-order valence-corrected chi connectivity index (χ4v) is 4.23. The van der Waals surface area contributed by atoms with Crippen molar-refractivity contribution in [2.45, 2.75) is 25.4 Å². The molecule has 156 valence electrons. The third kappa shape index (κ3) is 4.03. The molecule has 0 aliphatic carbocycles. The average molecular weight is 409 g/mol. The van der Waals surface area contributed by atoms with Gasteiger partial charge < -0.3 is 9.47 Å². The number of fused-ring (bicyclic) bond motifs is 1. The summed E-state index contributed by atoms with van der Waals surface area (Å²) in [6, 6.07) is 17.5. The van der Waals surface area contributed by atoms with Crippen LogP contribution in [0.15, 0.2) is 60.7 Å². The second kappa shape index (κ2) is 8.84. The molecule has 1 atom stereocenters. The van der Waals surface area contributed by atoms with Crippen molar-refractivity contribution in [1.29, 1.82) is 0 Å². The Labute approximate surface area is 175 Å². The largest absolute Gasteiger partial charge is 0.493 e. The van der Waals surface area contributed by atoms with Gasteiger partial charge in [-0.3, -0.25) is 4.90 Å². The zero-order valence-electron chi connectivity index (χ0n) is 17.2. The van der Waals surface area contributed by atoms with Gasteiger partial charge in [-0.25, -0.2) is 8.78 Å². The number of hydrogen-bond donors (Lipinski definition) is 0. The molecule has 1 aliphatic heterocycles. The number of methoxy groups -OCH3 is 2. The SMILES string of the molecule is COc1cc2c(cc1OC)C(Cc1ccccc1F)N(Cc1ccccc1F)CC2. The van der Waals surface area contributed by atoms with E-state index in [1.54, 1.807) is 32.4 Å². The Morgan fingerprint density at radius 2 is 1.47 bits per heavy atom. The molecule has 0 saturated carbocycles. The van der Waals surface area contributed by atoms with Gasteiger partial charge in [0.15, 0.2) is 11.5 Å². The first-order valence-electron chi connectivity index (χ1n) is 10.1. The van der Waals surface area contributed by atoms with E-state index < -0.39 is 0 Å². The summed E-state index contributed by atoms with van der Waals surface area (Å²) < 4.78 is 39.8. The van der Waals surface area contributed by atoms with Gasteiger partial charge in [-0.15, -0.1) is 0 Å². The Balaban J connectivity index is 1.75. The van der Waals surface area contributed by atoms with Crippen molar-refractivity contribution in [3.05, 3.63) is 94.6 Å². The number of nitrogens with zero attached hydrogens (tertiary/aromatic N) is 1. The molecule has 3 nitrogen and oxygen atoms in total. The molecule has 0 fully saturated rings. The lowest BCUT2D eigenvalue weighted by atomic mass is 9.87. The van der Waals surface area contributed by atoms with Crippen LogP contribution in [0.2, 0.25) is 0 Å². The fraction of sp³-hybridized carbons (Fsp3) is 0.280. The van der Waals surface area contributed by atoms with Crippen LogP contribution in [-0.4, -0.2) is 25.7 Å². The standard InChI is InChI=1S/C25H25F2NO2/c1-29-24-14-17-11-12-28(16-19-8-4-6-10-22(19)27)23(20(17)15-25(24)30-2)13-18-7-3-5-9-21(18)26/h3-10,14-15,23H,11-13,16H2,1-2H3. The van der Waals surface area contributed by atoms with Gasteiger partial charge in [-0.2, -0.15) is 0 Å². The first-order chi connectivity index (χ1) is 14.6. The van der Waals surface area contributed by atoms with Crippen LogP contribution >= 0.6 is 0 Å². The Kier molecular flexibility index (Phi) is 6.00. The van der Waals surface area contributed by atoms with Crippen LogP contribution < -0.4 is 9.47 Å². The van der Waals surface area contributed by atoms with Crippen molar-refractivity contribution in [1.82, 2.24) is 4.90 Å². The summed E-state index contributed by atoms with van der Waals surface area (Å²) >= 11 is 0. The molecule has 0 spiro atoms. The number of rotatable bonds is 6. The van der Waals surface area contributed by atoms with E-state index >= 15 is 0 Å². The van der Waals surface area contributed by atoms with E-state index in [-0.39, 0.29) is 17.7 Å². The minimum atomic E-state index is -0.226. The molecular formula is C25H25F2NO2. The molecule has 0 bridgehead atoms. The smallest absolute Gasteiger partial charge is 0.161 e. The Morgan fingerprint density at radius 3 is 2.10 bits per heavy atom. The maximum Gasteiger partial charge on any atom is 0.161 e. The lowest BCUT2D eigenvalue weighted by Gasteiger charge is -2.38. The van der Waals surface area contributed by atoms with Crippen LogP contribution in [0.25, 0.3) is 0 Å². The first-order valence-corrected chi connectivity index (χ1v) is 10.1. The van der Waals surface area contributed by atoms with Crippen LogP contribution in [0.3, 0.4) is 0 Å². The normalized spacial score (nSPS) is 16.2. The van der Waals surface area contributed by atoms with Gasteiger partial charge in [-0.1, -0.05) is 36.4 Å². The van der Waals surface area contributed by atoms with Crippen LogP contribution in [0.1, 0.15) is 28.3 Å². The molecule has 3 aromatic carbocycles. The molecule has 5 heteroatoms. The first kappa shape index (κ1) is 20.4. The van der Waals surface area contributed by atoms with E-state index in [1.165, 1.54) is 12.1 Å². The maximum absolute atomic E-state index is 14.5. The molecule has 0 aromatic heterocycles. The van der Waals surface area contributed by atoms with Crippen LogP contribution in [0.5, 0.6) is 11.5 Å². The molecule has 0 N–H and O–H groups in total. The van der Waals surface area contributed by atoms with Crippen molar-refractivity contribution in [3.63, 3.8) is 0 Å². The van der Waals surface area contributed by atoms with E-state index in [0.717, 1.165) is 24.1 Å². The number of halogens is 2. The van der Waals surface area contributed by atoms with Crippen LogP contribution in [0, 0.1) is 11.6 Å². The summed E-state index contributed by atoms with van der Waals surface area (Å²) in [6.45, 7) is 1.20. The number of ether oxygens (including phenoxy) is 2. The highest BCUT2D eigenvalue weighted by Gasteiger charge is 2.30. The molecule has 1 heterocycles. The minimum Gasteiger partial charge on any atom is -0.493 e. The maximum atomic E-state index is 14.5. The predicted octanol–water partition coefficient (Wildman–Crippen LogP) is 5.32. The van der Waals surface area contributed by atoms with E-state index in [9.17, 15) is 8.78 Å². The van der Waals surface area contributed by atoms with Gasteiger partial charge in [-0.05, 0) is 53.8 Å². The van der Waals surface area contributed by atoms with Crippen LogP contribution in [0.4, 0.5) is 8.78 Å². The van der Waals surface area contributed by atoms with Crippen molar-refractivity contribution in [2.75, 3.05) is 20.8 Å². The second-order valence-corrected chi connectivity index (χ2v) is 7.53. The fourth-order valence-electron chi connectivity index (χ4n) is 4.23. The lowest BCUT2D eigenvalue weighted by Crippen LogP contribution is -2.36. The minimum absolute atomic E-state index is 0.106. The summed E-state index contributed by atoms with van der Waals surface area (Å²) in [4.78, 5) is 2.22. The third-order valence-electron chi connectivity index (χ3n) is 5.82. The van der Waals surface area contributed by atoms with Gasteiger partial charge in [0.1, 0.15) is 11.6 Å². The summed E-state index contributed by atoms with van der Waals surface area (Å²) in [5, 5.41) is 0. The second-order valence-electron chi connectivity index (χ2n) is 7.53. The van der Waals surface area contributed by atoms with Crippen molar-refractivity contribution >= 4 is 0 Å². The molecule has 4 rings (SSSR count). The monoisotopic (exact) mass is 409 g/mol. The third-order valence-corrected chi connectivity index (χ3v) is 5.82. The molecule has 30 heavy (non-hydrogen) atoms. The van der Waals surface area contributed by atoms with Crippen molar-refractivity contribution in [2.24, 2.45) is 0 Å². The van der Waals surface area contributed by atoms with E-state index in [2.05, 4.69) is 4.90 Å². The zero-order valence-corrected chi connectivity index (χ0v) is 17.2. The van der Waals surface area contributed by atoms with E-state index in [0.29, 0.717) is 35.6 Å². The molecule has 1 aliphatic rings. The Morgan fingerprint density at radius 1 is 0.867 bits per heavy atom. The number of hydrogen-bond acceptors (Lipinski definition) is 3. The van der Waals surface area contributed by atoms with Crippen molar-refractivity contribution in [3.8, 4) is 11.5 Å². The zero-order chi connectivity index (χ0) is 21.1. The Hall–Kier alpha value is -2.92. The molecule has 0 radical (unpaired) electrons. The van der Waals surface area contributed by atoms with Crippen molar-refractivity contribution < 1.29 is 18.3 Å². The average Bonchev–Trinajstić information content (AvgIpc) is 2.77. The van der Waals surface area contributed by atoms with Crippen LogP contribution in [-0.2, 0) is 19.4 Å². The highest BCUT2D eigenvalue weighted by molar-refractivity contribution is 5.50. The predicted molar refractivity (Wildman–Crippen MR) is 113 cm³/mol. The topological polar surface area (TPSA) is 21.7 Å². The quantitative estimate of drug-likeness (QED) is 0.550. The molecule has 1 unspecified atom stereocenters. The van der Waals surface area contributed by atoms with Gasteiger partial charge in [0, 0.05) is 24.7 Å². The lowest BCUT2D eigenvalue weighted by molar-refractivity contribution is 0.171. The van der Waals surface area contributed by atoms with Gasteiger partial charge in [0.2, 0.25) is 0 Å². The molecular weight excluding hydrogens is 384 g/mol. The summed E-state index contributed by atoms with van der Waals surface area (Å²) in [6.07, 6.45) is 1.29. The molecule has 3 aromatic rings. The van der Waals surface area contributed by atoms with Gasteiger partial charge in [0.25, 0.3) is 0 Å². The summed E-state index contributed by atoms with van der Waals surface area (Å²) in [5.74, 6) is 0.877. The van der Waals surface area contributed by atoms with E-state index in [4.69, 9.17) is 9.47 Å². The van der Waals surface area contributed by atoms with Gasteiger partial charge in [0.05, 0.1) is 14.2 Å². The highest BCUT2D eigenvalue weighted by atomic mass is 19.1. The Bertz CT molecular complexity index is 1040. The molecule has 0 saturated heterocycles. The van der Waals surface area contributed by atoms with Gasteiger partial charge >= 0.3 is 0 Å². The summed E-state index contributed by atoms with van der Waals surface area (Å²) in [7, 11) is 3.23. The number of benzene rings is 3. The highest BCUT2D eigenvalue weighted by Crippen LogP contribution is 2.40. The van der Waals surface area contributed by atoms with E-state index in [1.807, 2.05) is 30.3 Å². The summed E-state index contributed by atoms with van der Waals surface area (Å²) in [5.41, 5.74) is 3.50. The molecule has 0 amide bonds.